The van der Waals surface area contributed by atoms with Crippen LogP contribution in [0, 0.1) is 0 Å². The van der Waals surface area contributed by atoms with E-state index < -0.39 is 0 Å². The average Bonchev–Trinajstić information content (AvgIpc) is 2.78. The number of hydrogen-bond acceptors (Lipinski definition) is 6. The minimum absolute atomic E-state index is 0.145. The highest BCUT2D eigenvalue weighted by atomic mass is 16.5. The fourth-order valence-corrected chi connectivity index (χ4v) is 1.69. The molecule has 1 fully saturated rings. The summed E-state index contributed by atoms with van der Waals surface area (Å²) in [6.07, 6.45) is 0.810. The van der Waals surface area contributed by atoms with Gasteiger partial charge in [-0.25, -0.2) is 0 Å². The smallest absolute Gasteiger partial charge is 0.266 e. The van der Waals surface area contributed by atoms with E-state index in [0.29, 0.717) is 11.8 Å². The molecule has 1 saturated heterocycles. The second kappa shape index (κ2) is 4.80. The van der Waals surface area contributed by atoms with Gasteiger partial charge >= 0.3 is 0 Å². The Balaban J connectivity index is 2.01. The summed E-state index contributed by atoms with van der Waals surface area (Å²) in [5.74, 6) is 1.21. The fraction of sp³-hybridized carbons (Fsp3) is 0.800. The molecule has 0 amide bonds. The summed E-state index contributed by atoms with van der Waals surface area (Å²) in [5.41, 5.74) is 5.84. The SMILES string of the molecule is CCC(N)c1nc(N2CCN(C)CC2)no1. The maximum absolute atomic E-state index is 5.84. The lowest BCUT2D eigenvalue weighted by Crippen LogP contribution is -2.44. The summed E-state index contributed by atoms with van der Waals surface area (Å²) in [4.78, 5) is 8.76. The highest BCUT2D eigenvalue weighted by Gasteiger charge is 2.20. The number of nitrogens with two attached hydrogens (primary N) is 1. The predicted molar refractivity (Wildman–Crippen MR) is 61.2 cm³/mol. The molecule has 0 aliphatic carbocycles. The van der Waals surface area contributed by atoms with Crippen LogP contribution in [0.4, 0.5) is 5.95 Å². The van der Waals surface area contributed by atoms with Gasteiger partial charge in [-0.2, -0.15) is 4.98 Å². The van der Waals surface area contributed by atoms with Gasteiger partial charge in [0.2, 0.25) is 5.89 Å². The monoisotopic (exact) mass is 225 g/mol. The molecule has 0 saturated carbocycles. The van der Waals surface area contributed by atoms with Crippen LogP contribution >= 0.6 is 0 Å². The van der Waals surface area contributed by atoms with E-state index in [4.69, 9.17) is 10.3 Å². The van der Waals surface area contributed by atoms with Crippen LogP contribution in [0.5, 0.6) is 0 Å². The maximum atomic E-state index is 5.84. The van der Waals surface area contributed by atoms with Crippen LogP contribution in [0.25, 0.3) is 0 Å². The lowest BCUT2D eigenvalue weighted by Gasteiger charge is -2.31. The van der Waals surface area contributed by atoms with Crippen molar-refractivity contribution in [2.24, 2.45) is 5.73 Å². The minimum atomic E-state index is -0.145. The zero-order chi connectivity index (χ0) is 11.5. The quantitative estimate of drug-likeness (QED) is 0.794. The first-order valence-electron chi connectivity index (χ1n) is 5.73. The molecule has 2 heterocycles. The standard InChI is InChI=1S/C10H19N5O/c1-3-8(11)9-12-10(13-16-9)15-6-4-14(2)5-7-15/h8H,3-7,11H2,1-2H3. The number of hydrogen-bond donors (Lipinski definition) is 1. The number of likely N-dealkylation sites (N-methyl/N-ethyl adjacent to an activating group) is 1. The molecule has 1 atom stereocenters. The number of anilines is 1. The van der Waals surface area contributed by atoms with Gasteiger partial charge in [0.15, 0.2) is 0 Å². The number of piperazine rings is 1. The molecular formula is C10H19N5O. The zero-order valence-corrected chi connectivity index (χ0v) is 9.89. The third-order valence-electron chi connectivity index (χ3n) is 2.97. The summed E-state index contributed by atoms with van der Waals surface area (Å²) in [6.45, 7) is 5.95. The zero-order valence-electron chi connectivity index (χ0n) is 9.89. The first-order valence-corrected chi connectivity index (χ1v) is 5.73. The Bertz CT molecular complexity index is 332. The first-order chi connectivity index (χ1) is 7.70. The Hall–Kier alpha value is -1.14. The van der Waals surface area contributed by atoms with E-state index in [2.05, 4.69) is 27.0 Å². The molecule has 16 heavy (non-hydrogen) atoms. The lowest BCUT2D eigenvalue weighted by molar-refractivity contribution is 0.308. The molecule has 1 aliphatic rings. The molecule has 1 aliphatic heterocycles. The van der Waals surface area contributed by atoms with Gasteiger partial charge < -0.3 is 20.1 Å². The number of nitrogens with zero attached hydrogens (tertiary/aromatic N) is 4. The highest BCUT2D eigenvalue weighted by molar-refractivity contribution is 5.28. The maximum Gasteiger partial charge on any atom is 0.266 e. The summed E-state index contributed by atoms with van der Waals surface area (Å²) < 4.78 is 5.16. The van der Waals surface area contributed by atoms with Crippen LogP contribution < -0.4 is 10.6 Å². The van der Waals surface area contributed by atoms with Gasteiger partial charge in [0.1, 0.15) is 0 Å². The van der Waals surface area contributed by atoms with Gasteiger partial charge in [0.25, 0.3) is 5.95 Å². The van der Waals surface area contributed by atoms with Crippen molar-refractivity contribution in [3.05, 3.63) is 5.89 Å². The Morgan fingerprint density at radius 3 is 2.69 bits per heavy atom. The fourth-order valence-electron chi connectivity index (χ4n) is 1.69. The average molecular weight is 225 g/mol. The van der Waals surface area contributed by atoms with Crippen molar-refractivity contribution in [2.45, 2.75) is 19.4 Å². The molecule has 2 N–H and O–H groups in total. The van der Waals surface area contributed by atoms with Crippen LogP contribution in [-0.4, -0.2) is 48.3 Å². The van der Waals surface area contributed by atoms with Crippen molar-refractivity contribution < 1.29 is 4.52 Å². The van der Waals surface area contributed by atoms with E-state index >= 15 is 0 Å². The van der Waals surface area contributed by atoms with Crippen LogP contribution in [0.1, 0.15) is 25.3 Å². The van der Waals surface area contributed by atoms with Crippen LogP contribution in [0.15, 0.2) is 4.52 Å². The molecule has 1 unspecified atom stereocenters. The van der Waals surface area contributed by atoms with Crippen molar-refractivity contribution in [1.29, 1.82) is 0 Å². The molecule has 6 nitrogen and oxygen atoms in total. The molecule has 6 heteroatoms. The lowest BCUT2D eigenvalue weighted by atomic mass is 10.2. The summed E-state index contributed by atoms with van der Waals surface area (Å²) in [5, 5.41) is 3.98. The van der Waals surface area contributed by atoms with Gasteiger partial charge in [-0.15, -0.1) is 0 Å². The molecule has 1 aromatic rings. The third kappa shape index (κ3) is 2.33. The van der Waals surface area contributed by atoms with Crippen molar-refractivity contribution >= 4 is 5.95 Å². The van der Waals surface area contributed by atoms with Crippen LogP contribution in [-0.2, 0) is 0 Å². The van der Waals surface area contributed by atoms with Gasteiger partial charge in [-0.3, -0.25) is 0 Å². The van der Waals surface area contributed by atoms with Gasteiger partial charge in [-0.1, -0.05) is 6.92 Å². The largest absolute Gasteiger partial charge is 0.336 e. The molecular weight excluding hydrogens is 206 g/mol. The van der Waals surface area contributed by atoms with Gasteiger partial charge in [0, 0.05) is 26.2 Å². The van der Waals surface area contributed by atoms with Crippen molar-refractivity contribution in [2.75, 3.05) is 38.1 Å². The normalized spacial score (nSPS) is 20.1. The van der Waals surface area contributed by atoms with E-state index in [9.17, 15) is 0 Å². The van der Waals surface area contributed by atoms with Gasteiger partial charge in [-0.05, 0) is 18.6 Å². The van der Waals surface area contributed by atoms with Crippen molar-refractivity contribution in [3.63, 3.8) is 0 Å². The molecule has 0 radical (unpaired) electrons. The van der Waals surface area contributed by atoms with E-state index in [1.165, 1.54) is 0 Å². The van der Waals surface area contributed by atoms with Crippen molar-refractivity contribution in [1.82, 2.24) is 15.0 Å². The number of rotatable bonds is 3. The summed E-state index contributed by atoms with van der Waals surface area (Å²) >= 11 is 0. The van der Waals surface area contributed by atoms with E-state index in [1.54, 1.807) is 0 Å². The van der Waals surface area contributed by atoms with E-state index in [0.717, 1.165) is 32.6 Å². The molecule has 0 aromatic carbocycles. The number of aromatic nitrogens is 2. The topological polar surface area (TPSA) is 71.4 Å². The van der Waals surface area contributed by atoms with Gasteiger partial charge in [0.05, 0.1) is 6.04 Å². The Morgan fingerprint density at radius 2 is 2.06 bits per heavy atom. The Morgan fingerprint density at radius 1 is 1.38 bits per heavy atom. The third-order valence-corrected chi connectivity index (χ3v) is 2.97. The Kier molecular flexibility index (Phi) is 3.40. The minimum Gasteiger partial charge on any atom is -0.336 e. The first kappa shape index (κ1) is 11.3. The second-order valence-electron chi connectivity index (χ2n) is 4.24. The van der Waals surface area contributed by atoms with Crippen molar-refractivity contribution in [3.8, 4) is 0 Å². The van der Waals surface area contributed by atoms with Crippen LogP contribution in [0.3, 0.4) is 0 Å². The molecule has 2 rings (SSSR count). The molecule has 0 bridgehead atoms. The molecule has 1 aromatic heterocycles. The second-order valence-corrected chi connectivity index (χ2v) is 4.24. The summed E-state index contributed by atoms with van der Waals surface area (Å²) in [7, 11) is 2.12. The molecule has 90 valence electrons. The van der Waals surface area contributed by atoms with E-state index in [1.807, 2.05) is 6.92 Å². The summed E-state index contributed by atoms with van der Waals surface area (Å²) in [6, 6.07) is -0.145. The van der Waals surface area contributed by atoms with E-state index in [-0.39, 0.29) is 6.04 Å². The molecule has 0 spiro atoms. The predicted octanol–water partition coefficient (Wildman–Crippen LogP) is 0.231. The Labute approximate surface area is 95.4 Å². The highest BCUT2D eigenvalue weighted by Crippen LogP contribution is 2.16. The van der Waals surface area contributed by atoms with Crippen LogP contribution in [0.2, 0.25) is 0 Å².